The van der Waals surface area contributed by atoms with Crippen molar-refractivity contribution in [2.75, 3.05) is 6.61 Å². The van der Waals surface area contributed by atoms with Gasteiger partial charge in [0.15, 0.2) is 0 Å². The van der Waals surface area contributed by atoms with Crippen molar-refractivity contribution in [2.45, 2.75) is 19.8 Å². The summed E-state index contributed by atoms with van der Waals surface area (Å²) in [5.41, 5.74) is 2.40. The summed E-state index contributed by atoms with van der Waals surface area (Å²) in [4.78, 5) is 0. The van der Waals surface area contributed by atoms with Gasteiger partial charge in [-0.1, -0.05) is 35.0 Å². The summed E-state index contributed by atoms with van der Waals surface area (Å²) in [6.45, 7) is 4.26. The molecule has 1 N–H and O–H groups in total. The average molecular weight is 229 g/mol. The van der Waals surface area contributed by atoms with E-state index in [4.69, 9.17) is 5.11 Å². The highest BCUT2D eigenvalue weighted by Crippen LogP contribution is 2.25. The van der Waals surface area contributed by atoms with Crippen LogP contribution in [0.15, 0.2) is 22.7 Å². The van der Waals surface area contributed by atoms with Crippen LogP contribution in [-0.4, -0.2) is 11.7 Å². The molecule has 0 aliphatic heterocycles. The third-order valence-corrected chi connectivity index (χ3v) is 2.65. The summed E-state index contributed by atoms with van der Waals surface area (Å²) < 4.78 is 1.09. The zero-order chi connectivity index (χ0) is 9.14. The van der Waals surface area contributed by atoms with Crippen molar-refractivity contribution in [3.63, 3.8) is 0 Å². The van der Waals surface area contributed by atoms with Gasteiger partial charge in [-0.3, -0.25) is 0 Å². The van der Waals surface area contributed by atoms with E-state index >= 15 is 0 Å². The Kier molecular flexibility index (Phi) is 3.29. The number of aryl methyl sites for hydroxylation is 1. The lowest BCUT2D eigenvalue weighted by Gasteiger charge is -2.10. The first-order chi connectivity index (χ1) is 5.65. The van der Waals surface area contributed by atoms with Gasteiger partial charge in [0, 0.05) is 17.0 Å². The number of rotatable bonds is 2. The highest BCUT2D eigenvalue weighted by molar-refractivity contribution is 9.10. The second-order valence-corrected chi connectivity index (χ2v) is 3.96. The van der Waals surface area contributed by atoms with Gasteiger partial charge in [-0.15, -0.1) is 0 Å². The quantitative estimate of drug-likeness (QED) is 0.826. The Hall–Kier alpha value is -0.340. The fraction of sp³-hybridized carbons (Fsp3) is 0.400. The van der Waals surface area contributed by atoms with Crippen LogP contribution in [0.4, 0.5) is 0 Å². The molecule has 1 atom stereocenters. The van der Waals surface area contributed by atoms with Gasteiger partial charge in [-0.25, -0.2) is 0 Å². The van der Waals surface area contributed by atoms with Crippen LogP contribution in [0.5, 0.6) is 0 Å². The smallest absolute Gasteiger partial charge is 0.0497 e. The minimum absolute atomic E-state index is 0.196. The highest BCUT2D eigenvalue weighted by atomic mass is 79.9. The molecule has 1 aromatic rings. The van der Waals surface area contributed by atoms with E-state index < -0.39 is 0 Å². The van der Waals surface area contributed by atoms with Gasteiger partial charge in [0.25, 0.3) is 0 Å². The van der Waals surface area contributed by atoms with Crippen LogP contribution in [0.3, 0.4) is 0 Å². The lowest BCUT2D eigenvalue weighted by atomic mass is 10.0. The fourth-order valence-corrected chi connectivity index (χ4v) is 2.01. The standard InChI is InChI=1S/C10H13BrO/c1-7-3-4-9(8(2)6-12)10(11)5-7/h3-5,8,12H,6H2,1-2H3. The lowest BCUT2D eigenvalue weighted by molar-refractivity contribution is 0.273. The van der Waals surface area contributed by atoms with Crippen molar-refractivity contribution in [1.82, 2.24) is 0 Å². The molecule has 0 fully saturated rings. The Morgan fingerprint density at radius 2 is 2.17 bits per heavy atom. The molecule has 0 spiro atoms. The molecule has 0 amide bonds. The second-order valence-electron chi connectivity index (χ2n) is 3.11. The van der Waals surface area contributed by atoms with Gasteiger partial charge < -0.3 is 5.11 Å². The second kappa shape index (κ2) is 4.06. The molecule has 1 aromatic carbocycles. The van der Waals surface area contributed by atoms with E-state index in [0.29, 0.717) is 0 Å². The Bertz CT molecular complexity index is 271. The van der Waals surface area contributed by atoms with Crippen LogP contribution in [0.25, 0.3) is 0 Å². The molecule has 0 heterocycles. The van der Waals surface area contributed by atoms with Gasteiger partial charge in [0.05, 0.1) is 0 Å². The number of aliphatic hydroxyl groups excluding tert-OH is 1. The Morgan fingerprint density at radius 3 is 2.67 bits per heavy atom. The van der Waals surface area contributed by atoms with Gasteiger partial charge >= 0.3 is 0 Å². The largest absolute Gasteiger partial charge is 0.396 e. The number of hydrogen-bond donors (Lipinski definition) is 1. The monoisotopic (exact) mass is 228 g/mol. The van der Waals surface area contributed by atoms with Crippen molar-refractivity contribution in [3.8, 4) is 0 Å². The fourth-order valence-electron chi connectivity index (χ4n) is 1.13. The van der Waals surface area contributed by atoms with Crippen molar-refractivity contribution in [2.24, 2.45) is 0 Å². The van der Waals surface area contributed by atoms with Crippen LogP contribution in [-0.2, 0) is 0 Å². The first-order valence-corrected chi connectivity index (χ1v) is 4.81. The first kappa shape index (κ1) is 9.75. The van der Waals surface area contributed by atoms with E-state index in [9.17, 15) is 0 Å². The molecule has 1 rings (SSSR count). The third kappa shape index (κ3) is 2.08. The SMILES string of the molecule is Cc1ccc(C(C)CO)c(Br)c1. The van der Waals surface area contributed by atoms with Gasteiger partial charge in [0.2, 0.25) is 0 Å². The van der Waals surface area contributed by atoms with Crippen LogP contribution < -0.4 is 0 Å². The van der Waals surface area contributed by atoms with Gasteiger partial charge in [-0.05, 0) is 24.1 Å². The molecule has 0 radical (unpaired) electrons. The summed E-state index contributed by atoms with van der Waals surface area (Å²) in [5.74, 6) is 0.208. The maximum atomic E-state index is 8.96. The first-order valence-electron chi connectivity index (χ1n) is 4.02. The van der Waals surface area contributed by atoms with Crippen LogP contribution in [0.1, 0.15) is 24.0 Å². The molecule has 0 saturated heterocycles. The van der Waals surface area contributed by atoms with Crippen molar-refractivity contribution in [3.05, 3.63) is 33.8 Å². The molecule has 0 aliphatic rings. The predicted molar refractivity (Wildman–Crippen MR) is 54.4 cm³/mol. The van der Waals surface area contributed by atoms with Crippen LogP contribution >= 0.6 is 15.9 Å². The van der Waals surface area contributed by atoms with Crippen molar-refractivity contribution >= 4 is 15.9 Å². The molecule has 0 aliphatic carbocycles. The van der Waals surface area contributed by atoms with E-state index in [1.54, 1.807) is 0 Å². The van der Waals surface area contributed by atoms with Crippen molar-refractivity contribution in [1.29, 1.82) is 0 Å². The third-order valence-electron chi connectivity index (χ3n) is 1.96. The molecule has 2 heteroatoms. The maximum absolute atomic E-state index is 8.96. The number of halogens is 1. The van der Waals surface area contributed by atoms with E-state index in [1.165, 1.54) is 11.1 Å². The Labute approximate surface area is 81.6 Å². The van der Waals surface area contributed by atoms with Gasteiger partial charge in [-0.2, -0.15) is 0 Å². The van der Waals surface area contributed by atoms with E-state index in [2.05, 4.69) is 41.1 Å². The van der Waals surface area contributed by atoms with E-state index in [0.717, 1.165) is 4.47 Å². The maximum Gasteiger partial charge on any atom is 0.0497 e. The summed E-state index contributed by atoms with van der Waals surface area (Å²) in [6, 6.07) is 6.19. The predicted octanol–water partition coefficient (Wildman–Crippen LogP) is 2.85. The molecule has 0 aromatic heterocycles. The van der Waals surface area contributed by atoms with E-state index in [-0.39, 0.29) is 12.5 Å². The number of hydrogen-bond acceptors (Lipinski definition) is 1. The minimum Gasteiger partial charge on any atom is -0.396 e. The van der Waals surface area contributed by atoms with Crippen LogP contribution in [0.2, 0.25) is 0 Å². The minimum atomic E-state index is 0.196. The highest BCUT2D eigenvalue weighted by Gasteiger charge is 2.07. The molecule has 0 bridgehead atoms. The Morgan fingerprint density at radius 1 is 1.50 bits per heavy atom. The molecule has 0 saturated carbocycles. The summed E-state index contributed by atoms with van der Waals surface area (Å²) in [5, 5.41) is 8.96. The molecule has 1 unspecified atom stereocenters. The number of benzene rings is 1. The number of aliphatic hydroxyl groups is 1. The Balaban J connectivity index is 3.01. The lowest BCUT2D eigenvalue weighted by Crippen LogP contribution is -1.99. The van der Waals surface area contributed by atoms with Crippen LogP contribution in [0, 0.1) is 6.92 Å². The summed E-state index contributed by atoms with van der Waals surface area (Å²) >= 11 is 3.48. The normalized spacial score (nSPS) is 13.0. The summed E-state index contributed by atoms with van der Waals surface area (Å²) in [7, 11) is 0. The van der Waals surface area contributed by atoms with Gasteiger partial charge in [0.1, 0.15) is 0 Å². The van der Waals surface area contributed by atoms with Crippen molar-refractivity contribution < 1.29 is 5.11 Å². The molecular weight excluding hydrogens is 216 g/mol. The zero-order valence-corrected chi connectivity index (χ0v) is 8.93. The topological polar surface area (TPSA) is 20.2 Å². The molecular formula is C10H13BrO. The molecule has 12 heavy (non-hydrogen) atoms. The summed E-state index contributed by atoms with van der Waals surface area (Å²) in [6.07, 6.45) is 0. The zero-order valence-electron chi connectivity index (χ0n) is 7.34. The van der Waals surface area contributed by atoms with E-state index in [1.807, 2.05) is 6.92 Å². The molecule has 66 valence electrons. The average Bonchev–Trinajstić information content (AvgIpc) is 2.03. The molecule has 1 nitrogen and oxygen atoms in total.